The Kier molecular flexibility index (Phi) is 3.61. The Bertz CT molecular complexity index is 277. The third-order valence-corrected chi connectivity index (χ3v) is 3.46. The van der Waals surface area contributed by atoms with Gasteiger partial charge in [-0.3, -0.25) is 0 Å². The molecule has 0 unspecified atom stereocenters. The highest BCUT2D eigenvalue weighted by atomic mass is 127. The number of aliphatic hydroxyl groups excluding tert-OH is 1. The second-order valence-corrected chi connectivity index (χ2v) is 4.44. The maximum Gasteiger partial charge on any atom is 0.0692 e. The van der Waals surface area contributed by atoms with Crippen molar-refractivity contribution in [3.05, 3.63) is 30.8 Å². The second kappa shape index (κ2) is 4.07. The summed E-state index contributed by atoms with van der Waals surface area (Å²) < 4.78 is 1.88. The van der Waals surface area contributed by atoms with E-state index in [-0.39, 0.29) is 6.61 Å². The normalized spacial score (nSPS) is 10.2. The molecule has 0 bridgehead atoms. The summed E-state index contributed by atoms with van der Waals surface area (Å²) in [6.45, 7) is 0.0330. The molecule has 0 aliphatic carbocycles. The molecule has 0 aromatic heterocycles. The minimum absolute atomic E-state index is 0.0330. The first-order chi connectivity index (χ1) is 5.15. The quantitative estimate of drug-likeness (QED) is 0.611. The van der Waals surface area contributed by atoms with Crippen LogP contribution in [-0.4, -0.2) is 5.11 Å². The van der Waals surface area contributed by atoms with E-state index in [4.69, 9.17) is 16.7 Å². The average Bonchev–Trinajstić information content (AvgIpc) is 1.97. The van der Waals surface area contributed by atoms with E-state index in [2.05, 4.69) is 38.5 Å². The van der Waals surface area contributed by atoms with Crippen molar-refractivity contribution in [2.45, 2.75) is 6.61 Å². The van der Waals surface area contributed by atoms with Crippen LogP contribution in [0.4, 0.5) is 0 Å². The van der Waals surface area contributed by atoms with Gasteiger partial charge < -0.3 is 5.11 Å². The van der Waals surface area contributed by atoms with Gasteiger partial charge in [0.2, 0.25) is 0 Å². The first-order valence-electron chi connectivity index (χ1n) is 2.89. The van der Waals surface area contributed by atoms with Crippen LogP contribution in [0.1, 0.15) is 5.56 Å². The number of aliphatic hydroxyl groups is 1. The molecule has 0 amide bonds. The summed E-state index contributed by atoms with van der Waals surface area (Å²) in [7, 11) is 0. The van der Waals surface area contributed by atoms with Crippen LogP contribution in [0.3, 0.4) is 0 Å². The number of rotatable bonds is 1. The van der Waals surface area contributed by atoms with Crippen molar-refractivity contribution in [2.75, 3.05) is 0 Å². The molecule has 0 aliphatic heterocycles. The Balaban J connectivity index is 3.21. The van der Waals surface area contributed by atoms with Gasteiger partial charge in [-0.25, -0.2) is 0 Å². The molecule has 1 aromatic rings. The molecule has 1 aromatic carbocycles. The molecule has 0 heterocycles. The van der Waals surface area contributed by atoms with Crippen LogP contribution in [0.2, 0.25) is 5.02 Å². The summed E-state index contributed by atoms with van der Waals surface area (Å²) in [6.07, 6.45) is 0. The monoisotopic (exact) mass is 346 g/mol. The summed E-state index contributed by atoms with van der Waals surface area (Å²) in [6, 6.07) is 3.64. The van der Waals surface area contributed by atoms with E-state index in [1.54, 1.807) is 6.07 Å². The van der Waals surface area contributed by atoms with Crippen molar-refractivity contribution in [3.63, 3.8) is 0 Å². The lowest BCUT2D eigenvalue weighted by atomic mass is 10.2. The van der Waals surface area contributed by atoms with E-state index in [9.17, 15) is 0 Å². The summed E-state index contributed by atoms with van der Waals surface area (Å²) in [5.74, 6) is 0. The number of hydrogen-bond acceptors (Lipinski definition) is 1. The van der Waals surface area contributed by atoms with Crippen LogP contribution in [0.5, 0.6) is 0 Å². The molecule has 0 aliphatic rings. The van der Waals surface area contributed by atoms with E-state index in [1.165, 1.54) is 0 Å². The zero-order valence-electron chi connectivity index (χ0n) is 5.44. The van der Waals surface area contributed by atoms with Gasteiger partial charge in [0, 0.05) is 8.04 Å². The maximum atomic E-state index is 8.86. The Labute approximate surface area is 92.0 Å². The maximum absolute atomic E-state index is 8.86. The highest BCUT2D eigenvalue weighted by molar-refractivity contribution is 14.1. The van der Waals surface area contributed by atoms with Gasteiger partial charge >= 0.3 is 0 Å². The zero-order chi connectivity index (χ0) is 8.43. The molecular weight excluding hydrogens is 342 g/mol. The van der Waals surface area contributed by atoms with Crippen molar-refractivity contribution >= 4 is 50.1 Å². The molecule has 0 saturated heterocycles. The molecule has 60 valence electrons. The van der Waals surface area contributed by atoms with Crippen LogP contribution in [0, 0.1) is 3.57 Å². The molecule has 0 radical (unpaired) electrons. The van der Waals surface area contributed by atoms with Gasteiger partial charge in [-0.05, 0) is 56.2 Å². The van der Waals surface area contributed by atoms with Gasteiger partial charge in [0.1, 0.15) is 0 Å². The van der Waals surface area contributed by atoms with Crippen LogP contribution >= 0.6 is 50.1 Å². The number of benzene rings is 1. The van der Waals surface area contributed by atoms with Gasteiger partial charge in [0.05, 0.1) is 11.6 Å². The standard InChI is InChI=1S/C7H5BrClIO/c8-5-2-7(10)4(3-11)1-6(5)9/h1-2,11H,3H2. The third kappa shape index (κ3) is 2.31. The smallest absolute Gasteiger partial charge is 0.0692 e. The lowest BCUT2D eigenvalue weighted by Crippen LogP contribution is -1.88. The highest BCUT2D eigenvalue weighted by Crippen LogP contribution is 2.27. The second-order valence-electron chi connectivity index (χ2n) is 2.02. The van der Waals surface area contributed by atoms with E-state index in [1.807, 2.05) is 6.07 Å². The van der Waals surface area contributed by atoms with Crippen molar-refractivity contribution in [2.24, 2.45) is 0 Å². The molecule has 1 N–H and O–H groups in total. The summed E-state index contributed by atoms with van der Waals surface area (Å²) >= 11 is 11.2. The van der Waals surface area contributed by atoms with Crippen molar-refractivity contribution in [1.29, 1.82) is 0 Å². The molecule has 11 heavy (non-hydrogen) atoms. The van der Waals surface area contributed by atoms with Crippen molar-refractivity contribution < 1.29 is 5.11 Å². The molecular formula is C7H5BrClIO. The van der Waals surface area contributed by atoms with Crippen molar-refractivity contribution in [1.82, 2.24) is 0 Å². The fourth-order valence-electron chi connectivity index (χ4n) is 0.685. The Morgan fingerprint density at radius 1 is 1.55 bits per heavy atom. The largest absolute Gasteiger partial charge is 0.392 e. The average molecular weight is 347 g/mol. The van der Waals surface area contributed by atoms with Crippen LogP contribution in [0.15, 0.2) is 16.6 Å². The predicted octanol–water partition coefficient (Wildman–Crippen LogP) is 3.20. The minimum atomic E-state index is 0.0330. The van der Waals surface area contributed by atoms with Gasteiger partial charge in [0.15, 0.2) is 0 Å². The first kappa shape index (κ1) is 9.77. The number of hydrogen-bond donors (Lipinski definition) is 1. The fraction of sp³-hybridized carbons (Fsp3) is 0.143. The van der Waals surface area contributed by atoms with E-state index < -0.39 is 0 Å². The van der Waals surface area contributed by atoms with E-state index in [0.29, 0.717) is 5.02 Å². The lowest BCUT2D eigenvalue weighted by molar-refractivity contribution is 0.281. The van der Waals surface area contributed by atoms with E-state index >= 15 is 0 Å². The summed E-state index contributed by atoms with van der Waals surface area (Å²) in [5.41, 5.74) is 0.860. The third-order valence-electron chi connectivity index (χ3n) is 1.26. The first-order valence-corrected chi connectivity index (χ1v) is 5.14. The van der Waals surface area contributed by atoms with Crippen molar-refractivity contribution in [3.8, 4) is 0 Å². The molecule has 0 atom stereocenters. The van der Waals surface area contributed by atoms with E-state index in [0.717, 1.165) is 13.6 Å². The fourth-order valence-corrected chi connectivity index (χ4v) is 2.28. The number of halogens is 3. The lowest BCUT2D eigenvalue weighted by Gasteiger charge is -2.02. The van der Waals surface area contributed by atoms with Crippen LogP contribution < -0.4 is 0 Å². The van der Waals surface area contributed by atoms with Crippen LogP contribution in [-0.2, 0) is 6.61 Å². The Hall–Kier alpha value is 0.680. The summed E-state index contributed by atoms with van der Waals surface area (Å²) in [5, 5.41) is 9.49. The zero-order valence-corrected chi connectivity index (χ0v) is 9.94. The minimum Gasteiger partial charge on any atom is -0.392 e. The van der Waals surface area contributed by atoms with Gasteiger partial charge in [-0.2, -0.15) is 0 Å². The predicted molar refractivity (Wildman–Crippen MR) is 57.8 cm³/mol. The van der Waals surface area contributed by atoms with Crippen LogP contribution in [0.25, 0.3) is 0 Å². The van der Waals surface area contributed by atoms with Gasteiger partial charge in [-0.15, -0.1) is 0 Å². The molecule has 0 saturated carbocycles. The molecule has 1 nitrogen and oxygen atoms in total. The Morgan fingerprint density at radius 3 is 2.73 bits per heavy atom. The molecule has 1 rings (SSSR count). The SMILES string of the molecule is OCc1cc(Cl)c(Br)cc1I. The van der Waals surface area contributed by atoms with Gasteiger partial charge in [-0.1, -0.05) is 11.6 Å². The molecule has 4 heteroatoms. The Morgan fingerprint density at radius 2 is 2.18 bits per heavy atom. The topological polar surface area (TPSA) is 20.2 Å². The molecule has 0 fully saturated rings. The summed E-state index contributed by atoms with van der Waals surface area (Å²) in [4.78, 5) is 0. The van der Waals surface area contributed by atoms with Gasteiger partial charge in [0.25, 0.3) is 0 Å². The highest BCUT2D eigenvalue weighted by Gasteiger charge is 2.02. The molecule has 0 spiro atoms.